The van der Waals surface area contributed by atoms with Crippen LogP contribution in [0.4, 0.5) is 0 Å². The molecular weight excluding hydrogens is 146 g/mol. The van der Waals surface area contributed by atoms with Gasteiger partial charge in [0.15, 0.2) is 0 Å². The molecule has 0 aliphatic heterocycles. The second-order valence-electron chi connectivity index (χ2n) is 5.52. The second kappa shape index (κ2) is 3.37. The van der Waals surface area contributed by atoms with Crippen LogP contribution in [-0.2, 0) is 0 Å². The van der Waals surface area contributed by atoms with E-state index in [1.54, 1.807) is 0 Å². The Morgan fingerprint density at radius 1 is 1.00 bits per heavy atom. The summed E-state index contributed by atoms with van der Waals surface area (Å²) >= 11 is 0. The molecule has 1 heteroatoms. The van der Waals surface area contributed by atoms with Crippen LogP contribution in [0.3, 0.4) is 0 Å². The molecule has 12 heavy (non-hydrogen) atoms. The molecular formula is C11H23N. The molecule has 0 spiro atoms. The summed E-state index contributed by atoms with van der Waals surface area (Å²) in [6.07, 6.45) is 0. The quantitative estimate of drug-likeness (QED) is 0.642. The van der Waals surface area contributed by atoms with Gasteiger partial charge < -0.3 is 5.73 Å². The van der Waals surface area contributed by atoms with Crippen LogP contribution in [0.15, 0.2) is 0 Å². The van der Waals surface area contributed by atoms with Gasteiger partial charge in [-0.15, -0.1) is 0 Å². The first-order valence-electron chi connectivity index (χ1n) is 4.53. The van der Waals surface area contributed by atoms with Crippen LogP contribution in [-0.4, -0.2) is 6.04 Å². The zero-order valence-corrected chi connectivity index (χ0v) is 9.36. The van der Waals surface area contributed by atoms with Crippen LogP contribution in [0, 0.1) is 23.7 Å². The van der Waals surface area contributed by atoms with Crippen molar-refractivity contribution in [3.05, 3.63) is 12.8 Å². The van der Waals surface area contributed by atoms with Gasteiger partial charge in [-0.05, 0) is 17.8 Å². The van der Waals surface area contributed by atoms with Crippen molar-refractivity contribution in [2.45, 2.75) is 47.6 Å². The van der Waals surface area contributed by atoms with E-state index < -0.39 is 0 Å². The third kappa shape index (κ3) is 3.14. The molecule has 2 radical (unpaired) electrons. The molecule has 0 saturated heterocycles. The average Bonchev–Trinajstić information content (AvgIpc) is 1.49. The van der Waals surface area contributed by atoms with Gasteiger partial charge in [0.2, 0.25) is 0 Å². The third-order valence-corrected chi connectivity index (χ3v) is 1.99. The molecule has 2 N–H and O–H groups in total. The lowest BCUT2D eigenvalue weighted by atomic mass is 9.64. The maximum absolute atomic E-state index is 5.86. The monoisotopic (exact) mass is 169 g/mol. The van der Waals surface area contributed by atoms with Crippen molar-refractivity contribution >= 4 is 0 Å². The van der Waals surface area contributed by atoms with Crippen LogP contribution < -0.4 is 5.73 Å². The summed E-state index contributed by atoms with van der Waals surface area (Å²) in [6.45, 7) is 17.1. The Hall–Kier alpha value is -0.0400. The summed E-state index contributed by atoms with van der Waals surface area (Å²) in [5.41, 5.74) is 6.17. The first-order chi connectivity index (χ1) is 5.07. The van der Waals surface area contributed by atoms with Crippen molar-refractivity contribution in [3.63, 3.8) is 0 Å². The van der Waals surface area contributed by atoms with Crippen LogP contribution in [0.25, 0.3) is 0 Å². The van der Waals surface area contributed by atoms with E-state index in [1.165, 1.54) is 5.92 Å². The molecule has 0 bridgehead atoms. The fourth-order valence-corrected chi connectivity index (χ4v) is 2.24. The van der Waals surface area contributed by atoms with Crippen LogP contribution >= 0.6 is 0 Å². The van der Waals surface area contributed by atoms with Crippen molar-refractivity contribution in [1.29, 1.82) is 0 Å². The molecule has 0 aromatic carbocycles. The SMILES string of the molecule is [CH2]C(N)[C](C(C)(C)C)C(C)(C)C. The molecule has 0 aliphatic rings. The number of rotatable bonds is 1. The van der Waals surface area contributed by atoms with Gasteiger partial charge in [-0.3, -0.25) is 0 Å². The summed E-state index contributed by atoms with van der Waals surface area (Å²) in [4.78, 5) is 0. The summed E-state index contributed by atoms with van der Waals surface area (Å²) < 4.78 is 0. The van der Waals surface area contributed by atoms with E-state index in [-0.39, 0.29) is 16.9 Å². The lowest BCUT2D eigenvalue weighted by molar-refractivity contribution is 0.258. The van der Waals surface area contributed by atoms with Crippen LogP contribution in [0.2, 0.25) is 0 Å². The fraction of sp³-hybridized carbons (Fsp3) is 0.818. The zero-order chi connectivity index (χ0) is 10.2. The summed E-state index contributed by atoms with van der Waals surface area (Å²) in [5.74, 6) is 1.33. The Morgan fingerprint density at radius 2 is 1.25 bits per heavy atom. The van der Waals surface area contributed by atoms with Crippen molar-refractivity contribution in [2.75, 3.05) is 0 Å². The lowest BCUT2D eigenvalue weighted by Crippen LogP contribution is -2.42. The second-order valence-corrected chi connectivity index (χ2v) is 5.52. The predicted octanol–water partition coefficient (Wildman–Crippen LogP) is 2.81. The van der Waals surface area contributed by atoms with Gasteiger partial charge in [0.05, 0.1) is 0 Å². The maximum atomic E-state index is 5.86. The summed E-state index contributed by atoms with van der Waals surface area (Å²) in [5, 5.41) is 0. The number of nitrogens with two attached hydrogens (primary N) is 1. The van der Waals surface area contributed by atoms with Crippen molar-refractivity contribution in [1.82, 2.24) is 0 Å². The Morgan fingerprint density at radius 3 is 1.25 bits per heavy atom. The van der Waals surface area contributed by atoms with E-state index in [9.17, 15) is 0 Å². The van der Waals surface area contributed by atoms with Crippen molar-refractivity contribution in [3.8, 4) is 0 Å². The van der Waals surface area contributed by atoms with E-state index in [0.717, 1.165) is 0 Å². The normalized spacial score (nSPS) is 16.8. The van der Waals surface area contributed by atoms with E-state index in [1.807, 2.05) is 0 Å². The number of hydrogen-bond acceptors (Lipinski definition) is 1. The zero-order valence-electron chi connectivity index (χ0n) is 9.36. The predicted molar refractivity (Wildman–Crippen MR) is 55.5 cm³/mol. The molecule has 1 atom stereocenters. The average molecular weight is 169 g/mol. The first-order valence-corrected chi connectivity index (χ1v) is 4.53. The molecule has 0 heterocycles. The molecule has 0 fully saturated rings. The third-order valence-electron chi connectivity index (χ3n) is 1.99. The Kier molecular flexibility index (Phi) is 3.36. The van der Waals surface area contributed by atoms with Crippen LogP contribution in [0.5, 0.6) is 0 Å². The Balaban J connectivity index is 4.70. The smallest absolute Gasteiger partial charge is 0.0112 e. The van der Waals surface area contributed by atoms with Gasteiger partial charge in [0, 0.05) is 12.0 Å². The van der Waals surface area contributed by atoms with Gasteiger partial charge in [0.25, 0.3) is 0 Å². The highest BCUT2D eigenvalue weighted by Gasteiger charge is 2.37. The minimum atomic E-state index is -0.0648. The van der Waals surface area contributed by atoms with Gasteiger partial charge in [-0.25, -0.2) is 0 Å². The summed E-state index contributed by atoms with van der Waals surface area (Å²) in [7, 11) is 0. The molecule has 0 rings (SSSR count). The van der Waals surface area contributed by atoms with E-state index in [0.29, 0.717) is 0 Å². The molecule has 0 aromatic rings. The molecule has 1 unspecified atom stereocenters. The van der Waals surface area contributed by atoms with Crippen LogP contribution in [0.1, 0.15) is 41.5 Å². The van der Waals surface area contributed by atoms with Gasteiger partial charge in [-0.1, -0.05) is 41.5 Å². The lowest BCUT2D eigenvalue weighted by Gasteiger charge is -2.42. The molecule has 0 aliphatic carbocycles. The topological polar surface area (TPSA) is 26.0 Å². The minimum Gasteiger partial charge on any atom is -0.327 e. The molecule has 0 saturated carbocycles. The number of hydrogen-bond donors (Lipinski definition) is 1. The molecule has 72 valence electrons. The molecule has 0 amide bonds. The van der Waals surface area contributed by atoms with E-state index in [4.69, 9.17) is 5.73 Å². The Bertz CT molecular complexity index is 120. The van der Waals surface area contributed by atoms with Gasteiger partial charge in [-0.2, -0.15) is 0 Å². The summed E-state index contributed by atoms with van der Waals surface area (Å²) in [6, 6.07) is -0.0648. The molecule has 0 aromatic heterocycles. The maximum Gasteiger partial charge on any atom is 0.0112 e. The van der Waals surface area contributed by atoms with Gasteiger partial charge >= 0.3 is 0 Å². The first kappa shape index (κ1) is 12.0. The highest BCUT2D eigenvalue weighted by Crippen LogP contribution is 2.43. The minimum absolute atomic E-state index is 0.0648. The van der Waals surface area contributed by atoms with Crippen molar-refractivity contribution < 1.29 is 0 Å². The molecule has 1 nitrogen and oxygen atoms in total. The van der Waals surface area contributed by atoms with E-state index in [2.05, 4.69) is 48.5 Å². The highest BCUT2D eigenvalue weighted by atomic mass is 14.7. The largest absolute Gasteiger partial charge is 0.327 e. The van der Waals surface area contributed by atoms with Crippen molar-refractivity contribution in [2.24, 2.45) is 16.6 Å². The Labute approximate surface area is 77.7 Å². The fourth-order valence-electron chi connectivity index (χ4n) is 2.24. The highest BCUT2D eigenvalue weighted by molar-refractivity contribution is 5.16. The van der Waals surface area contributed by atoms with Gasteiger partial charge in [0.1, 0.15) is 0 Å². The standard InChI is InChI=1S/C11H23N/c1-8(12)9(10(2,3)4)11(5,6)7/h8H,1,12H2,2-7H3. The van der Waals surface area contributed by atoms with E-state index >= 15 is 0 Å².